The maximum Gasteiger partial charge on any atom is 0.215 e. The molecule has 2 aromatic carbocycles. The van der Waals surface area contributed by atoms with Crippen LogP contribution in [0, 0.1) is 6.92 Å². The number of aryl methyl sites for hydroxylation is 1. The van der Waals surface area contributed by atoms with Crippen molar-refractivity contribution in [2.24, 2.45) is 5.10 Å². The van der Waals surface area contributed by atoms with E-state index in [9.17, 15) is 5.11 Å². The van der Waals surface area contributed by atoms with E-state index >= 15 is 0 Å². The lowest BCUT2D eigenvalue weighted by molar-refractivity contribution is -0.686. The Morgan fingerprint density at radius 1 is 1.08 bits per heavy atom. The first kappa shape index (κ1) is 17.7. The van der Waals surface area contributed by atoms with E-state index < -0.39 is 0 Å². The molecule has 1 aromatic heterocycles. The van der Waals surface area contributed by atoms with Crippen molar-refractivity contribution >= 4 is 16.7 Å². The fourth-order valence-corrected chi connectivity index (χ4v) is 3.11. The molecule has 0 aliphatic rings. The molecular weight excluding hydrogens is 328 g/mol. The van der Waals surface area contributed by atoms with Gasteiger partial charge < -0.3 is 14.6 Å². The largest absolute Gasteiger partial charge is 0.854 e. The Labute approximate surface area is 153 Å². The van der Waals surface area contributed by atoms with Crippen LogP contribution in [-0.2, 0) is 6.42 Å². The van der Waals surface area contributed by atoms with Crippen LogP contribution in [0.25, 0.3) is 10.8 Å². The van der Waals surface area contributed by atoms with Crippen molar-refractivity contribution in [3.8, 4) is 11.5 Å². The number of pyridine rings is 1. The standard InChI is InChI=1S/C21H22N2O3/c1-5-17-14(2)23(22-21(24)15-9-7-6-8-10-15)13-16-11-19(25-3)20(26-4)12-18(16)17/h6-13H,5H2,1-4H3. The normalized spacial score (nSPS) is 11.6. The van der Waals surface area contributed by atoms with Gasteiger partial charge in [0.1, 0.15) is 0 Å². The molecule has 0 amide bonds. The number of methoxy groups -OCH3 is 2. The van der Waals surface area contributed by atoms with Gasteiger partial charge in [0, 0.05) is 17.9 Å². The molecule has 0 fully saturated rings. The zero-order chi connectivity index (χ0) is 18.7. The minimum atomic E-state index is -0.277. The van der Waals surface area contributed by atoms with E-state index in [0.717, 1.165) is 28.5 Å². The molecule has 0 saturated heterocycles. The maximum absolute atomic E-state index is 12.5. The maximum atomic E-state index is 12.5. The number of hydrogen-bond acceptors (Lipinski definition) is 4. The second-order valence-corrected chi connectivity index (χ2v) is 5.96. The summed E-state index contributed by atoms with van der Waals surface area (Å²) in [5.74, 6) is 1.05. The molecular formula is C21H22N2O3. The average Bonchev–Trinajstić information content (AvgIpc) is 2.68. The lowest BCUT2D eigenvalue weighted by atomic mass is 10.0. The van der Waals surface area contributed by atoms with Crippen LogP contribution in [-0.4, -0.2) is 20.1 Å². The zero-order valence-corrected chi connectivity index (χ0v) is 15.4. The van der Waals surface area contributed by atoms with E-state index in [1.165, 1.54) is 0 Å². The van der Waals surface area contributed by atoms with E-state index in [4.69, 9.17) is 9.47 Å². The van der Waals surface area contributed by atoms with Crippen LogP contribution >= 0.6 is 0 Å². The molecule has 0 spiro atoms. The Bertz CT molecular complexity index is 966. The van der Waals surface area contributed by atoms with Crippen LogP contribution in [0.15, 0.2) is 53.8 Å². The second-order valence-electron chi connectivity index (χ2n) is 5.96. The lowest BCUT2D eigenvalue weighted by Crippen LogP contribution is -2.37. The summed E-state index contributed by atoms with van der Waals surface area (Å²) in [4.78, 5) is 0. The molecule has 1 heterocycles. The highest BCUT2D eigenvalue weighted by Gasteiger charge is 2.18. The Kier molecular flexibility index (Phi) is 5.07. The monoisotopic (exact) mass is 350 g/mol. The molecule has 0 radical (unpaired) electrons. The molecule has 3 rings (SSSR count). The van der Waals surface area contributed by atoms with Crippen molar-refractivity contribution in [2.45, 2.75) is 20.3 Å². The summed E-state index contributed by atoms with van der Waals surface area (Å²) >= 11 is 0. The second kappa shape index (κ2) is 7.44. The van der Waals surface area contributed by atoms with Crippen LogP contribution in [0.1, 0.15) is 23.7 Å². The molecule has 0 saturated carbocycles. The van der Waals surface area contributed by atoms with E-state index in [1.54, 1.807) is 31.0 Å². The van der Waals surface area contributed by atoms with Crippen LogP contribution < -0.4 is 19.3 Å². The van der Waals surface area contributed by atoms with Crippen molar-refractivity contribution in [3.63, 3.8) is 0 Å². The quantitative estimate of drug-likeness (QED) is 0.404. The van der Waals surface area contributed by atoms with Gasteiger partial charge in [-0.3, -0.25) is 0 Å². The molecule has 5 nitrogen and oxygen atoms in total. The third kappa shape index (κ3) is 3.20. The fraction of sp³-hybridized carbons (Fsp3) is 0.238. The van der Waals surface area contributed by atoms with E-state index in [-0.39, 0.29) is 5.90 Å². The van der Waals surface area contributed by atoms with Crippen LogP contribution in [0.5, 0.6) is 11.5 Å². The van der Waals surface area contributed by atoms with Crippen molar-refractivity contribution in [2.75, 3.05) is 14.2 Å². The summed E-state index contributed by atoms with van der Waals surface area (Å²) in [6.45, 7) is 4.05. The highest BCUT2D eigenvalue weighted by Crippen LogP contribution is 2.33. The van der Waals surface area contributed by atoms with Crippen LogP contribution in [0.4, 0.5) is 0 Å². The third-order valence-corrected chi connectivity index (χ3v) is 4.50. The van der Waals surface area contributed by atoms with Gasteiger partial charge in [0.25, 0.3) is 0 Å². The van der Waals surface area contributed by atoms with Crippen molar-refractivity contribution < 1.29 is 19.3 Å². The number of nitrogens with zero attached hydrogens (tertiary/aromatic N) is 2. The van der Waals surface area contributed by atoms with E-state index in [1.807, 2.05) is 43.5 Å². The number of ether oxygens (including phenoxy) is 2. The van der Waals surface area contributed by atoms with Crippen LogP contribution in [0.2, 0.25) is 0 Å². The number of rotatable bonds is 5. The van der Waals surface area contributed by atoms with Gasteiger partial charge in [0.15, 0.2) is 11.5 Å². The molecule has 26 heavy (non-hydrogen) atoms. The first-order valence-corrected chi connectivity index (χ1v) is 8.50. The highest BCUT2D eigenvalue weighted by molar-refractivity contribution is 5.90. The topological polar surface area (TPSA) is 57.8 Å². The van der Waals surface area contributed by atoms with Gasteiger partial charge in [-0.25, -0.2) is 0 Å². The lowest BCUT2D eigenvalue weighted by Gasteiger charge is -2.12. The third-order valence-electron chi connectivity index (χ3n) is 4.50. The molecule has 0 aliphatic heterocycles. The number of hydrogen-bond donors (Lipinski definition) is 0. The Morgan fingerprint density at radius 2 is 1.73 bits per heavy atom. The van der Waals surface area contributed by atoms with Gasteiger partial charge in [0.05, 0.1) is 25.5 Å². The predicted octanol–water partition coefficient (Wildman–Crippen LogP) is 2.59. The molecule has 0 aliphatic carbocycles. The molecule has 0 unspecified atom stereocenters. The van der Waals surface area contributed by atoms with Crippen LogP contribution in [0.3, 0.4) is 0 Å². The van der Waals surface area contributed by atoms with E-state index in [2.05, 4.69) is 12.0 Å². The minimum absolute atomic E-state index is 0.277. The first-order valence-electron chi connectivity index (χ1n) is 8.50. The Balaban J connectivity index is 2.22. The zero-order valence-electron chi connectivity index (χ0n) is 15.4. The van der Waals surface area contributed by atoms with Gasteiger partial charge in [-0.2, -0.15) is 0 Å². The molecule has 0 bridgehead atoms. The van der Waals surface area contributed by atoms with Crippen molar-refractivity contribution in [3.05, 3.63) is 65.5 Å². The minimum Gasteiger partial charge on any atom is -0.854 e. The average molecular weight is 350 g/mol. The van der Waals surface area contributed by atoms with Crippen molar-refractivity contribution in [1.82, 2.24) is 0 Å². The summed E-state index contributed by atoms with van der Waals surface area (Å²) < 4.78 is 12.5. The summed E-state index contributed by atoms with van der Waals surface area (Å²) in [6.07, 6.45) is 2.67. The fourth-order valence-electron chi connectivity index (χ4n) is 3.11. The Morgan fingerprint density at radius 3 is 2.35 bits per heavy atom. The molecule has 0 N–H and O–H groups in total. The van der Waals surface area contributed by atoms with Gasteiger partial charge in [-0.1, -0.05) is 41.9 Å². The summed E-state index contributed by atoms with van der Waals surface area (Å²) in [5, 5.41) is 18.8. The van der Waals surface area contributed by atoms with Gasteiger partial charge in [-0.15, -0.1) is 0 Å². The predicted molar refractivity (Wildman–Crippen MR) is 99.7 cm³/mol. The number of benzene rings is 2. The molecule has 0 atom stereocenters. The summed E-state index contributed by atoms with van der Waals surface area (Å²) in [5.41, 5.74) is 2.61. The number of fused-ring (bicyclic) bond motifs is 1. The smallest absolute Gasteiger partial charge is 0.215 e. The molecule has 3 aromatic rings. The summed E-state index contributed by atoms with van der Waals surface area (Å²) in [7, 11) is 3.23. The van der Waals surface area contributed by atoms with Gasteiger partial charge >= 0.3 is 0 Å². The molecule has 5 heteroatoms. The highest BCUT2D eigenvalue weighted by atomic mass is 16.5. The van der Waals surface area contributed by atoms with Crippen molar-refractivity contribution in [1.29, 1.82) is 0 Å². The summed E-state index contributed by atoms with van der Waals surface area (Å²) in [6, 6.07) is 12.9. The van der Waals surface area contributed by atoms with Gasteiger partial charge in [-0.05, 0) is 29.2 Å². The Hall–Kier alpha value is -3.08. The van der Waals surface area contributed by atoms with E-state index in [0.29, 0.717) is 17.1 Å². The molecule has 134 valence electrons. The first-order chi connectivity index (χ1) is 12.6. The SMILES string of the molecule is CCc1c(C)[n+](/N=C(\[O-])c2ccccc2)cc2cc(OC)c(OC)cc12. The van der Waals surface area contributed by atoms with Gasteiger partial charge in [0.2, 0.25) is 11.9 Å². The number of aromatic nitrogens is 1.